The van der Waals surface area contributed by atoms with Crippen molar-refractivity contribution in [1.82, 2.24) is 15.4 Å². The number of pyridine rings is 1. The zero-order valence-electron chi connectivity index (χ0n) is 16.5. The van der Waals surface area contributed by atoms with Gasteiger partial charge in [0.15, 0.2) is 0 Å². The zero-order valence-corrected chi connectivity index (χ0v) is 17.3. The van der Waals surface area contributed by atoms with E-state index in [2.05, 4.69) is 15.4 Å². The van der Waals surface area contributed by atoms with Gasteiger partial charge in [-0.1, -0.05) is 11.6 Å². The van der Waals surface area contributed by atoms with E-state index >= 15 is 0 Å². The van der Waals surface area contributed by atoms with Crippen LogP contribution in [0.15, 0.2) is 30.5 Å². The molecular formula is C20H21ClN4O4. The first-order valence-corrected chi connectivity index (χ1v) is 9.25. The Labute approximate surface area is 172 Å². The SMILES string of the molecule is CCONC(=O)C(=O)c1c[nH]c2cc(Cl)c(-c3ccc(N(C)C)nc3OC)cc12. The molecule has 0 fully saturated rings. The molecule has 9 heteroatoms. The Hall–Kier alpha value is -3.10. The maximum absolute atomic E-state index is 12.5. The van der Waals surface area contributed by atoms with E-state index in [4.69, 9.17) is 21.2 Å². The quantitative estimate of drug-likeness (QED) is 0.349. The van der Waals surface area contributed by atoms with Crippen LogP contribution in [-0.4, -0.2) is 49.5 Å². The van der Waals surface area contributed by atoms with E-state index in [9.17, 15) is 9.59 Å². The lowest BCUT2D eigenvalue weighted by atomic mass is 10.0. The molecule has 2 N–H and O–H groups in total. The predicted octanol–water partition coefficient (Wildman–Crippen LogP) is 3.21. The zero-order chi connectivity index (χ0) is 21.1. The summed E-state index contributed by atoms with van der Waals surface area (Å²) in [6.45, 7) is 1.95. The number of H-pyrrole nitrogens is 1. The molecule has 3 aromatic rings. The Balaban J connectivity index is 2.10. The number of benzene rings is 1. The fraction of sp³-hybridized carbons (Fsp3) is 0.250. The molecule has 2 heterocycles. The van der Waals surface area contributed by atoms with Crippen LogP contribution >= 0.6 is 11.6 Å². The van der Waals surface area contributed by atoms with E-state index < -0.39 is 11.7 Å². The second kappa shape index (κ2) is 8.50. The van der Waals surface area contributed by atoms with E-state index in [1.54, 1.807) is 19.1 Å². The van der Waals surface area contributed by atoms with Gasteiger partial charge in [0, 0.05) is 42.3 Å². The number of hydroxylamine groups is 1. The Morgan fingerprint density at radius 3 is 2.66 bits per heavy atom. The normalized spacial score (nSPS) is 10.8. The van der Waals surface area contributed by atoms with Gasteiger partial charge in [0.1, 0.15) is 5.82 Å². The van der Waals surface area contributed by atoms with Gasteiger partial charge in [0.2, 0.25) is 5.88 Å². The average Bonchev–Trinajstić information content (AvgIpc) is 3.12. The number of ether oxygens (including phenoxy) is 1. The fourth-order valence-corrected chi connectivity index (χ4v) is 3.15. The summed E-state index contributed by atoms with van der Waals surface area (Å²) in [5, 5.41) is 1.01. The Kier molecular flexibility index (Phi) is 6.05. The summed E-state index contributed by atoms with van der Waals surface area (Å²) in [5.41, 5.74) is 4.26. The van der Waals surface area contributed by atoms with Gasteiger partial charge in [-0.2, -0.15) is 4.98 Å². The van der Waals surface area contributed by atoms with Crippen molar-refractivity contribution in [3.63, 3.8) is 0 Å². The number of hydrogen-bond donors (Lipinski definition) is 2. The number of halogens is 1. The van der Waals surface area contributed by atoms with E-state index in [-0.39, 0.29) is 12.2 Å². The summed E-state index contributed by atoms with van der Waals surface area (Å²) in [4.78, 5) is 38.7. The molecule has 3 rings (SSSR count). The first-order chi connectivity index (χ1) is 13.9. The molecule has 0 unspecified atom stereocenters. The first kappa shape index (κ1) is 20.6. The topological polar surface area (TPSA) is 96.5 Å². The number of aromatic amines is 1. The van der Waals surface area contributed by atoms with Crippen LogP contribution in [0.5, 0.6) is 5.88 Å². The minimum absolute atomic E-state index is 0.215. The summed E-state index contributed by atoms with van der Waals surface area (Å²) in [6.07, 6.45) is 1.48. The predicted molar refractivity (Wildman–Crippen MR) is 112 cm³/mol. The number of Topliss-reactive ketones (excluding diaryl/α,β-unsaturated/α-hetero) is 1. The number of nitrogens with one attached hydrogen (secondary N) is 2. The molecule has 29 heavy (non-hydrogen) atoms. The number of carbonyl (C=O) groups is 2. The number of amides is 1. The van der Waals surface area contributed by atoms with Crippen molar-refractivity contribution >= 4 is 40.0 Å². The summed E-state index contributed by atoms with van der Waals surface area (Å²) in [7, 11) is 5.29. The van der Waals surface area contributed by atoms with Crippen LogP contribution in [0, 0.1) is 0 Å². The monoisotopic (exact) mass is 416 g/mol. The van der Waals surface area contributed by atoms with Crippen molar-refractivity contribution in [3.05, 3.63) is 41.0 Å². The van der Waals surface area contributed by atoms with Crippen LogP contribution < -0.4 is 15.1 Å². The van der Waals surface area contributed by atoms with Crippen molar-refractivity contribution in [2.75, 3.05) is 32.7 Å². The minimum atomic E-state index is -0.848. The van der Waals surface area contributed by atoms with Gasteiger partial charge in [-0.15, -0.1) is 0 Å². The Bertz CT molecular complexity index is 1080. The highest BCUT2D eigenvalue weighted by Gasteiger charge is 2.22. The standard InChI is InChI=1S/C20H21ClN4O4/c1-5-29-24-19(27)18(26)14-10-22-16-9-15(21)12(8-13(14)16)11-6-7-17(25(2)3)23-20(11)28-4/h6-10,22H,5H2,1-4H3,(H,24,27). The molecule has 0 spiro atoms. The van der Waals surface area contributed by atoms with Gasteiger partial charge < -0.3 is 14.6 Å². The fourth-order valence-electron chi connectivity index (χ4n) is 2.88. The van der Waals surface area contributed by atoms with Crippen molar-refractivity contribution in [2.45, 2.75) is 6.92 Å². The second-order valence-corrected chi connectivity index (χ2v) is 6.80. The maximum Gasteiger partial charge on any atom is 0.315 e. The number of fused-ring (bicyclic) bond motifs is 1. The number of carbonyl (C=O) groups excluding carboxylic acids is 2. The van der Waals surface area contributed by atoms with Crippen molar-refractivity contribution < 1.29 is 19.2 Å². The number of nitrogens with zero attached hydrogens (tertiary/aromatic N) is 2. The third-order valence-corrected chi connectivity index (χ3v) is 4.63. The van der Waals surface area contributed by atoms with Crippen LogP contribution in [0.25, 0.3) is 22.0 Å². The molecule has 0 saturated carbocycles. The molecule has 0 aliphatic carbocycles. The van der Waals surface area contributed by atoms with Crippen LogP contribution in [0.2, 0.25) is 5.02 Å². The average molecular weight is 417 g/mol. The summed E-state index contributed by atoms with van der Waals surface area (Å²) < 4.78 is 5.45. The lowest BCUT2D eigenvalue weighted by molar-refractivity contribution is -0.128. The van der Waals surface area contributed by atoms with Crippen LogP contribution in [-0.2, 0) is 9.63 Å². The highest BCUT2D eigenvalue weighted by atomic mass is 35.5. The lowest BCUT2D eigenvalue weighted by Gasteiger charge is -2.15. The van der Waals surface area contributed by atoms with Crippen molar-refractivity contribution in [1.29, 1.82) is 0 Å². The molecule has 0 atom stereocenters. The number of rotatable bonds is 7. The number of anilines is 1. The van der Waals surface area contributed by atoms with Gasteiger partial charge in [-0.3, -0.25) is 14.4 Å². The molecule has 0 bridgehead atoms. The van der Waals surface area contributed by atoms with Gasteiger partial charge in [0.25, 0.3) is 5.78 Å². The van der Waals surface area contributed by atoms with Gasteiger partial charge in [0.05, 0.1) is 24.3 Å². The number of ketones is 1. The van der Waals surface area contributed by atoms with Crippen LogP contribution in [0.1, 0.15) is 17.3 Å². The molecule has 0 aliphatic rings. The van der Waals surface area contributed by atoms with Crippen molar-refractivity contribution in [3.8, 4) is 17.0 Å². The van der Waals surface area contributed by atoms with Crippen LogP contribution in [0.4, 0.5) is 5.82 Å². The molecule has 1 amide bonds. The Morgan fingerprint density at radius 2 is 2.00 bits per heavy atom. The Morgan fingerprint density at radius 1 is 1.24 bits per heavy atom. The third kappa shape index (κ3) is 4.03. The highest BCUT2D eigenvalue weighted by molar-refractivity contribution is 6.45. The molecule has 152 valence electrons. The summed E-state index contributed by atoms with van der Waals surface area (Å²) in [5.74, 6) is -0.437. The smallest absolute Gasteiger partial charge is 0.315 e. The summed E-state index contributed by atoms with van der Waals surface area (Å²) >= 11 is 6.49. The molecule has 2 aromatic heterocycles. The largest absolute Gasteiger partial charge is 0.480 e. The second-order valence-electron chi connectivity index (χ2n) is 6.39. The maximum atomic E-state index is 12.5. The van der Waals surface area contributed by atoms with E-state index in [1.165, 1.54) is 13.3 Å². The molecule has 1 aromatic carbocycles. The minimum Gasteiger partial charge on any atom is -0.480 e. The number of methoxy groups -OCH3 is 1. The third-order valence-electron chi connectivity index (χ3n) is 4.32. The number of hydrogen-bond acceptors (Lipinski definition) is 6. The number of aromatic nitrogens is 2. The molecule has 0 saturated heterocycles. The van der Waals surface area contributed by atoms with E-state index in [1.807, 2.05) is 31.1 Å². The first-order valence-electron chi connectivity index (χ1n) is 8.87. The van der Waals surface area contributed by atoms with E-state index in [0.29, 0.717) is 32.9 Å². The lowest BCUT2D eigenvalue weighted by Crippen LogP contribution is -2.31. The van der Waals surface area contributed by atoms with Crippen molar-refractivity contribution in [2.24, 2.45) is 0 Å². The van der Waals surface area contributed by atoms with Crippen LogP contribution in [0.3, 0.4) is 0 Å². The summed E-state index contributed by atoms with van der Waals surface area (Å²) in [6, 6.07) is 7.13. The van der Waals surface area contributed by atoms with Gasteiger partial charge in [-0.05, 0) is 31.2 Å². The van der Waals surface area contributed by atoms with Gasteiger partial charge >= 0.3 is 5.91 Å². The highest BCUT2D eigenvalue weighted by Crippen LogP contribution is 2.38. The molecule has 0 radical (unpaired) electrons. The van der Waals surface area contributed by atoms with E-state index in [0.717, 1.165) is 5.82 Å². The molecule has 0 aliphatic heterocycles. The molecule has 8 nitrogen and oxygen atoms in total. The van der Waals surface area contributed by atoms with Gasteiger partial charge in [-0.25, -0.2) is 5.48 Å². The molecular weight excluding hydrogens is 396 g/mol.